The highest BCUT2D eigenvalue weighted by Crippen LogP contribution is 2.33. The molecule has 2 nitrogen and oxygen atoms in total. The van der Waals surface area contributed by atoms with E-state index in [1.165, 1.54) is 0 Å². The molecule has 1 aromatic rings. The second-order valence-electron chi connectivity index (χ2n) is 2.74. The van der Waals surface area contributed by atoms with Crippen LogP contribution < -0.4 is 5.32 Å². The van der Waals surface area contributed by atoms with Crippen LogP contribution in [0.15, 0.2) is 18.2 Å². The summed E-state index contributed by atoms with van der Waals surface area (Å²) >= 11 is 8.05. The van der Waals surface area contributed by atoms with E-state index in [-0.39, 0.29) is 10.7 Å². The van der Waals surface area contributed by atoms with Crippen molar-refractivity contribution in [2.45, 2.75) is 6.18 Å². The van der Waals surface area contributed by atoms with Crippen LogP contribution in [0.25, 0.3) is 0 Å². The van der Waals surface area contributed by atoms with Crippen molar-refractivity contribution in [1.82, 2.24) is 0 Å². The lowest BCUT2D eigenvalue weighted by Gasteiger charge is -2.10. The van der Waals surface area contributed by atoms with Gasteiger partial charge in [-0.15, -0.1) is 0 Å². The molecule has 0 radical (unpaired) electrons. The van der Waals surface area contributed by atoms with E-state index in [9.17, 15) is 18.0 Å². The summed E-state index contributed by atoms with van der Waals surface area (Å²) in [5.41, 5.74) is -1.05. The number of alkyl halides is 4. The second kappa shape index (κ2) is 5.05. The maximum atomic E-state index is 12.3. The minimum absolute atomic E-state index is 0.0991. The fourth-order valence-electron chi connectivity index (χ4n) is 0.939. The summed E-state index contributed by atoms with van der Waals surface area (Å²) in [4.78, 5) is 11.3. The van der Waals surface area contributed by atoms with E-state index in [0.717, 1.165) is 12.1 Å². The van der Waals surface area contributed by atoms with Crippen LogP contribution in [0.2, 0.25) is 5.02 Å². The number of carbonyl (C=O) groups excluding carboxylic acids is 1. The van der Waals surface area contributed by atoms with Crippen LogP contribution in [0, 0.1) is 0 Å². The molecule has 0 fully saturated rings. The first-order chi connectivity index (χ1) is 8.01. The van der Waals surface area contributed by atoms with Gasteiger partial charge in [-0.25, -0.2) is 0 Å². The molecule has 0 bridgehead atoms. The fraction of sp³-hybridized carbons (Fsp3) is 0.222. The Bertz CT molecular complexity index is 476. The summed E-state index contributed by atoms with van der Waals surface area (Å²) in [5, 5.41) is -0.590. The molecule has 1 N–H and O–H groups in total. The van der Waals surface area contributed by atoms with E-state index >= 15 is 0 Å². The molecule has 0 unspecified atom stereocenters. The number of anilines is 1. The van der Waals surface area contributed by atoms with Crippen molar-refractivity contribution < 1.29 is 20.7 Å². The Morgan fingerprint density at radius 2 is 2.19 bits per heavy atom. The van der Waals surface area contributed by atoms with Crippen LogP contribution in [0.1, 0.15) is 8.30 Å². The molecule has 0 aromatic heterocycles. The molecule has 16 heavy (non-hydrogen) atoms. The van der Waals surface area contributed by atoms with Gasteiger partial charge in [0.25, 0.3) is 0 Å². The summed E-state index contributed by atoms with van der Waals surface area (Å²) < 4.78 is 51.1. The lowest BCUT2D eigenvalue weighted by Crippen LogP contribution is -2.13. The summed E-state index contributed by atoms with van der Waals surface area (Å²) in [6.45, 7) is 0. The minimum atomic E-state index is -4.53. The maximum Gasteiger partial charge on any atom is 0.416 e. The fourth-order valence-corrected chi connectivity index (χ4v) is 1.27. The van der Waals surface area contributed by atoms with Gasteiger partial charge in [-0.3, -0.25) is 4.79 Å². The zero-order valence-electron chi connectivity index (χ0n) is 9.53. The molecule has 0 aliphatic carbocycles. The van der Waals surface area contributed by atoms with Crippen molar-refractivity contribution in [3.05, 3.63) is 28.8 Å². The van der Waals surface area contributed by atoms with Gasteiger partial charge in [0.2, 0.25) is 5.91 Å². The van der Waals surface area contributed by atoms with Crippen LogP contribution in [0.3, 0.4) is 0 Å². The van der Waals surface area contributed by atoms with Gasteiger partial charge in [-0.1, -0.05) is 27.5 Å². The second-order valence-corrected chi connectivity index (χ2v) is 3.54. The highest BCUT2D eigenvalue weighted by Gasteiger charge is 2.30. The molecule has 0 saturated carbocycles. The van der Waals surface area contributed by atoms with Gasteiger partial charge in [-0.2, -0.15) is 13.2 Å². The number of hydrogen-bond donors (Lipinski definition) is 1. The van der Waals surface area contributed by atoms with Crippen molar-refractivity contribution in [3.8, 4) is 0 Å². The maximum absolute atomic E-state index is 12.3. The molecule has 0 aliphatic heterocycles. The topological polar surface area (TPSA) is 29.1 Å². The first-order valence-corrected chi connectivity index (χ1v) is 5.06. The lowest BCUT2D eigenvalue weighted by atomic mass is 10.2. The van der Waals surface area contributed by atoms with E-state index in [1.54, 1.807) is 0 Å². The minimum Gasteiger partial charge on any atom is -0.324 e. The van der Waals surface area contributed by atoms with Gasteiger partial charge in [0.05, 0.1) is 21.6 Å². The zero-order chi connectivity index (χ0) is 14.1. The van der Waals surface area contributed by atoms with Gasteiger partial charge in [0, 0.05) is 2.74 Å². The molecule has 1 rings (SSSR count). The smallest absolute Gasteiger partial charge is 0.324 e. The summed E-state index contributed by atoms with van der Waals surface area (Å²) in [6, 6.07) is 2.36. The number of benzene rings is 1. The van der Waals surface area contributed by atoms with E-state index < -0.39 is 22.9 Å². The zero-order valence-corrected chi connectivity index (χ0v) is 9.87. The third-order valence-electron chi connectivity index (χ3n) is 1.63. The van der Waals surface area contributed by atoms with Crippen LogP contribution in [-0.2, 0) is 11.0 Å². The van der Waals surface area contributed by atoms with Crippen molar-refractivity contribution in [3.63, 3.8) is 0 Å². The standard InChI is InChI=1S/C9H6BrClF3NO/c10-4-8(16)15-7-2-1-5(3-6(7)11)9(12,13)14/h1-3H,4H2,(H,15,16)/i4D2. The number of halogens is 5. The molecule has 88 valence electrons. The average molecular weight is 319 g/mol. The molecule has 0 saturated heterocycles. The third-order valence-corrected chi connectivity index (χ3v) is 2.30. The Kier molecular flexibility index (Phi) is 3.29. The average Bonchev–Trinajstić information content (AvgIpc) is 2.17. The lowest BCUT2D eigenvalue weighted by molar-refractivity contribution is -0.137. The normalized spacial score (nSPS) is 14.1. The summed E-state index contributed by atoms with van der Waals surface area (Å²) in [5.74, 6) is -1.07. The highest BCUT2D eigenvalue weighted by atomic mass is 79.9. The van der Waals surface area contributed by atoms with E-state index in [1.807, 2.05) is 0 Å². The number of hydrogen-bond acceptors (Lipinski definition) is 1. The molecule has 0 spiro atoms. The van der Waals surface area contributed by atoms with Gasteiger partial charge in [-0.05, 0) is 18.2 Å². The molecule has 0 heterocycles. The van der Waals surface area contributed by atoms with Gasteiger partial charge < -0.3 is 5.32 Å². The predicted molar refractivity (Wildman–Crippen MR) is 58.9 cm³/mol. The van der Waals surface area contributed by atoms with Crippen LogP contribution in [0.4, 0.5) is 18.9 Å². The number of carbonyl (C=O) groups is 1. The third kappa shape index (κ3) is 3.38. The first-order valence-electron chi connectivity index (χ1n) is 4.89. The van der Waals surface area contributed by atoms with Crippen LogP contribution in [-0.4, -0.2) is 11.2 Å². The summed E-state index contributed by atoms with van der Waals surface area (Å²) in [7, 11) is 0. The molecule has 1 aromatic carbocycles. The Morgan fingerprint density at radius 1 is 1.56 bits per heavy atom. The van der Waals surface area contributed by atoms with Gasteiger partial charge in [0.15, 0.2) is 0 Å². The van der Waals surface area contributed by atoms with E-state index in [2.05, 4.69) is 21.2 Å². The molecule has 1 amide bonds. The number of amides is 1. The van der Waals surface area contributed by atoms with Gasteiger partial charge >= 0.3 is 6.18 Å². The van der Waals surface area contributed by atoms with E-state index in [0.29, 0.717) is 6.07 Å². The molecular weight excluding hydrogens is 310 g/mol. The Balaban J connectivity index is 2.98. The highest BCUT2D eigenvalue weighted by molar-refractivity contribution is 9.09. The molecular formula is C9H6BrClF3NO. The van der Waals surface area contributed by atoms with Crippen molar-refractivity contribution in [2.24, 2.45) is 0 Å². The van der Waals surface area contributed by atoms with Crippen molar-refractivity contribution in [2.75, 3.05) is 10.6 Å². The first kappa shape index (κ1) is 10.4. The summed E-state index contributed by atoms with van der Waals surface area (Å²) in [6.07, 6.45) is -4.53. The Hall–Kier alpha value is -0.750. The van der Waals surface area contributed by atoms with Gasteiger partial charge in [0.1, 0.15) is 0 Å². The van der Waals surface area contributed by atoms with E-state index in [4.69, 9.17) is 14.3 Å². The largest absolute Gasteiger partial charge is 0.416 e. The quantitative estimate of drug-likeness (QED) is 0.828. The number of rotatable bonds is 2. The van der Waals surface area contributed by atoms with Crippen LogP contribution >= 0.6 is 27.5 Å². The molecule has 0 aliphatic rings. The molecule has 7 heteroatoms. The Labute approximate surface area is 106 Å². The Morgan fingerprint density at radius 3 is 2.62 bits per heavy atom. The SMILES string of the molecule is [2H]C([2H])(Br)C(=O)Nc1ccc(C(F)(F)F)cc1Cl. The van der Waals surface area contributed by atoms with Crippen molar-refractivity contribution in [1.29, 1.82) is 0 Å². The molecule has 0 atom stereocenters. The number of nitrogens with one attached hydrogen (secondary N) is 1. The van der Waals surface area contributed by atoms with Crippen LogP contribution in [0.5, 0.6) is 0 Å². The predicted octanol–water partition coefficient (Wildman–Crippen LogP) is 3.69. The van der Waals surface area contributed by atoms with Crippen molar-refractivity contribution >= 4 is 39.1 Å². The monoisotopic (exact) mass is 317 g/mol.